The highest BCUT2D eigenvalue weighted by Crippen LogP contribution is 2.27. The van der Waals surface area contributed by atoms with Gasteiger partial charge in [-0.05, 0) is 24.5 Å². The minimum Gasteiger partial charge on any atom is -0.354 e. The molecule has 1 aliphatic heterocycles. The number of likely N-dealkylation sites (tertiary alicyclic amines) is 1. The van der Waals surface area contributed by atoms with Gasteiger partial charge in [-0.15, -0.1) is 0 Å². The molecule has 0 aliphatic carbocycles. The number of hydrogen-bond donors (Lipinski definition) is 2. The van der Waals surface area contributed by atoms with Crippen LogP contribution < -0.4 is 10.6 Å². The number of carbonyl (C=O) groups is 1. The summed E-state index contributed by atoms with van der Waals surface area (Å²) in [4.78, 5) is 22.8. The van der Waals surface area contributed by atoms with E-state index in [0.717, 1.165) is 25.5 Å². The Labute approximate surface area is 164 Å². The second-order valence-electron chi connectivity index (χ2n) is 7.00. The van der Waals surface area contributed by atoms with Crippen molar-refractivity contribution in [1.82, 2.24) is 25.1 Å². The third kappa shape index (κ3) is 4.68. The average Bonchev–Trinajstić information content (AvgIpc) is 3.23. The maximum atomic E-state index is 13.7. The molecule has 1 saturated heterocycles. The minimum absolute atomic E-state index is 0.0556. The fraction of sp³-hybridized carbons (Fsp3) is 0.450. The van der Waals surface area contributed by atoms with E-state index in [9.17, 15) is 9.18 Å². The maximum absolute atomic E-state index is 13.7. The molecule has 0 radical (unpaired) electrons. The van der Waals surface area contributed by atoms with Crippen LogP contribution in [0, 0.1) is 11.7 Å². The first-order chi connectivity index (χ1) is 13.6. The van der Waals surface area contributed by atoms with Crippen LogP contribution in [0.15, 0.2) is 48.0 Å². The standard InChI is InChI=1S/C20H27FN6O/c1-15-7-11-26(13-18(15)27-12-10-23-14-27)20(22-2)25-9-8-24-19(28)16-5-3-4-6-17(16)21/h3-6,10,12,14-15,18H,7-9,11,13H2,1-2H3,(H,22,25)(H,24,28). The first-order valence-corrected chi connectivity index (χ1v) is 9.56. The third-order valence-electron chi connectivity index (χ3n) is 5.15. The first kappa shape index (κ1) is 19.9. The van der Waals surface area contributed by atoms with Gasteiger partial charge in [-0.2, -0.15) is 0 Å². The van der Waals surface area contributed by atoms with Gasteiger partial charge in [0.15, 0.2) is 5.96 Å². The summed E-state index contributed by atoms with van der Waals surface area (Å²) in [7, 11) is 1.75. The summed E-state index contributed by atoms with van der Waals surface area (Å²) in [5.74, 6) is 0.430. The lowest BCUT2D eigenvalue weighted by molar-refractivity contribution is 0.0950. The number of rotatable bonds is 5. The number of benzene rings is 1. The van der Waals surface area contributed by atoms with E-state index in [2.05, 4.69) is 37.0 Å². The first-order valence-electron chi connectivity index (χ1n) is 9.56. The summed E-state index contributed by atoms with van der Waals surface area (Å²) in [6, 6.07) is 6.31. The van der Waals surface area contributed by atoms with Gasteiger partial charge in [-0.1, -0.05) is 19.1 Å². The lowest BCUT2D eigenvalue weighted by atomic mass is 9.93. The zero-order chi connectivity index (χ0) is 19.9. The molecule has 1 aliphatic rings. The number of aliphatic imine (C=N–C) groups is 1. The molecule has 1 aromatic heterocycles. The van der Waals surface area contributed by atoms with Crippen LogP contribution >= 0.6 is 0 Å². The van der Waals surface area contributed by atoms with Crippen molar-refractivity contribution in [2.45, 2.75) is 19.4 Å². The summed E-state index contributed by atoms with van der Waals surface area (Å²) in [6.07, 6.45) is 6.72. The van der Waals surface area contributed by atoms with Crippen molar-refractivity contribution < 1.29 is 9.18 Å². The lowest BCUT2D eigenvalue weighted by Crippen LogP contribution is -2.50. The number of guanidine groups is 1. The van der Waals surface area contributed by atoms with E-state index in [1.807, 2.05) is 12.5 Å². The molecule has 3 rings (SSSR count). The highest BCUT2D eigenvalue weighted by Gasteiger charge is 2.28. The summed E-state index contributed by atoms with van der Waals surface area (Å²) in [5, 5.41) is 6.02. The Balaban J connectivity index is 1.49. The average molecular weight is 386 g/mol. The number of carbonyl (C=O) groups excluding carboxylic acids is 1. The van der Waals surface area contributed by atoms with Crippen LogP contribution in [-0.2, 0) is 0 Å². The number of imidazole rings is 1. The predicted octanol–water partition coefficient (Wildman–Crippen LogP) is 1.91. The molecule has 2 aromatic rings. The van der Waals surface area contributed by atoms with Gasteiger partial charge in [0.25, 0.3) is 5.91 Å². The Kier molecular flexibility index (Phi) is 6.62. The van der Waals surface area contributed by atoms with Gasteiger partial charge in [-0.3, -0.25) is 9.79 Å². The fourth-order valence-electron chi connectivity index (χ4n) is 3.52. The zero-order valence-corrected chi connectivity index (χ0v) is 16.3. The van der Waals surface area contributed by atoms with Crippen LogP contribution in [0.3, 0.4) is 0 Å². The summed E-state index contributed by atoms with van der Waals surface area (Å²) >= 11 is 0. The fourth-order valence-corrected chi connectivity index (χ4v) is 3.52. The van der Waals surface area contributed by atoms with Crippen LogP contribution in [0.4, 0.5) is 4.39 Å². The number of amides is 1. The molecule has 2 heterocycles. The molecule has 2 N–H and O–H groups in total. The van der Waals surface area contributed by atoms with Crippen molar-refractivity contribution in [3.8, 4) is 0 Å². The van der Waals surface area contributed by atoms with E-state index in [1.54, 1.807) is 25.4 Å². The second-order valence-corrected chi connectivity index (χ2v) is 7.00. The number of nitrogens with zero attached hydrogens (tertiary/aromatic N) is 4. The van der Waals surface area contributed by atoms with Gasteiger partial charge in [0.2, 0.25) is 0 Å². The van der Waals surface area contributed by atoms with E-state index in [-0.39, 0.29) is 5.56 Å². The van der Waals surface area contributed by atoms with Gasteiger partial charge in [-0.25, -0.2) is 9.37 Å². The van der Waals surface area contributed by atoms with Gasteiger partial charge >= 0.3 is 0 Å². The number of hydrogen-bond acceptors (Lipinski definition) is 3. The second kappa shape index (κ2) is 9.34. The van der Waals surface area contributed by atoms with Gasteiger partial charge in [0, 0.05) is 45.6 Å². The molecule has 0 bridgehead atoms. The highest BCUT2D eigenvalue weighted by molar-refractivity contribution is 5.94. The van der Waals surface area contributed by atoms with Crippen molar-refractivity contribution in [3.63, 3.8) is 0 Å². The Hall–Kier alpha value is -2.90. The van der Waals surface area contributed by atoms with Crippen LogP contribution in [-0.4, -0.2) is 59.5 Å². The monoisotopic (exact) mass is 386 g/mol. The molecule has 0 saturated carbocycles. The molecule has 1 fully saturated rings. The summed E-state index contributed by atoms with van der Waals surface area (Å²) in [5.41, 5.74) is 0.0556. The van der Waals surface area contributed by atoms with Crippen molar-refractivity contribution in [1.29, 1.82) is 0 Å². The highest BCUT2D eigenvalue weighted by atomic mass is 19.1. The zero-order valence-electron chi connectivity index (χ0n) is 16.3. The van der Waals surface area contributed by atoms with Gasteiger partial charge < -0.3 is 20.1 Å². The molecule has 28 heavy (non-hydrogen) atoms. The van der Waals surface area contributed by atoms with Gasteiger partial charge in [0.1, 0.15) is 5.82 Å². The number of aromatic nitrogens is 2. The molecule has 0 spiro atoms. The van der Waals surface area contributed by atoms with Crippen LogP contribution in [0.2, 0.25) is 0 Å². The predicted molar refractivity (Wildman–Crippen MR) is 107 cm³/mol. The van der Waals surface area contributed by atoms with E-state index < -0.39 is 11.7 Å². The topological polar surface area (TPSA) is 74.6 Å². The molecule has 1 amide bonds. The normalized spacial score (nSPS) is 20.1. The largest absolute Gasteiger partial charge is 0.354 e. The molecule has 8 heteroatoms. The van der Waals surface area contributed by atoms with Crippen LogP contribution in [0.5, 0.6) is 0 Å². The Bertz CT molecular complexity index is 807. The number of nitrogens with one attached hydrogen (secondary N) is 2. The summed E-state index contributed by atoms with van der Waals surface area (Å²) in [6.45, 7) is 4.92. The smallest absolute Gasteiger partial charge is 0.254 e. The molecule has 2 atom stereocenters. The van der Waals surface area contributed by atoms with Crippen LogP contribution in [0.25, 0.3) is 0 Å². The van der Waals surface area contributed by atoms with Crippen molar-refractivity contribution in [2.75, 3.05) is 33.2 Å². The minimum atomic E-state index is -0.517. The third-order valence-corrected chi connectivity index (χ3v) is 5.15. The van der Waals surface area contributed by atoms with Crippen molar-refractivity contribution in [2.24, 2.45) is 10.9 Å². The van der Waals surface area contributed by atoms with E-state index in [0.29, 0.717) is 25.0 Å². The molecule has 150 valence electrons. The SMILES string of the molecule is CN=C(NCCNC(=O)c1ccccc1F)N1CCC(C)C(n2ccnc2)C1. The van der Waals surface area contributed by atoms with Gasteiger partial charge in [0.05, 0.1) is 17.9 Å². The Morgan fingerprint density at radius 3 is 2.82 bits per heavy atom. The number of halogens is 1. The molecule has 1 aromatic carbocycles. The lowest BCUT2D eigenvalue weighted by Gasteiger charge is -2.39. The van der Waals surface area contributed by atoms with E-state index in [1.165, 1.54) is 12.1 Å². The van der Waals surface area contributed by atoms with Crippen molar-refractivity contribution >= 4 is 11.9 Å². The molecular weight excluding hydrogens is 359 g/mol. The maximum Gasteiger partial charge on any atom is 0.254 e. The Morgan fingerprint density at radius 2 is 2.11 bits per heavy atom. The molecule has 2 unspecified atom stereocenters. The van der Waals surface area contributed by atoms with Crippen molar-refractivity contribution in [3.05, 3.63) is 54.4 Å². The van der Waals surface area contributed by atoms with Crippen LogP contribution in [0.1, 0.15) is 29.7 Å². The van der Waals surface area contributed by atoms with E-state index in [4.69, 9.17) is 0 Å². The van der Waals surface area contributed by atoms with E-state index >= 15 is 0 Å². The quantitative estimate of drug-likeness (QED) is 0.468. The summed E-state index contributed by atoms with van der Waals surface area (Å²) < 4.78 is 15.8. The molecule has 7 nitrogen and oxygen atoms in total. The molecular formula is C20H27FN6O. The number of piperidine rings is 1. The Morgan fingerprint density at radius 1 is 1.32 bits per heavy atom.